The predicted octanol–water partition coefficient (Wildman–Crippen LogP) is 23.0. The average molecular weight is 1960 g/mol. The summed E-state index contributed by atoms with van der Waals surface area (Å²) in [5, 5.41) is 75.6. The van der Waals surface area contributed by atoms with E-state index in [0.717, 1.165) is 78.3 Å². The van der Waals surface area contributed by atoms with E-state index in [4.69, 9.17) is 72.1 Å². The lowest BCUT2D eigenvalue weighted by Gasteiger charge is -2.12. The second kappa shape index (κ2) is 42.5. The molecule has 1 N–H and O–H groups in total. The Morgan fingerprint density at radius 1 is 0.525 bits per heavy atom. The predicted molar refractivity (Wildman–Crippen MR) is 513 cm³/mol. The van der Waals surface area contributed by atoms with Gasteiger partial charge in [0.25, 0.3) is 0 Å². The van der Waals surface area contributed by atoms with Crippen molar-refractivity contribution in [3.8, 4) is 126 Å². The van der Waals surface area contributed by atoms with Gasteiger partial charge in [0.15, 0.2) is 39.9 Å². The molecule has 0 bridgehead atoms. The number of nitrogens with zero attached hydrogens (tertiary/aromatic N) is 25. The summed E-state index contributed by atoms with van der Waals surface area (Å²) >= 11 is 30.3. The summed E-state index contributed by atoms with van der Waals surface area (Å²) in [6.07, 6.45) is 18.6. The van der Waals surface area contributed by atoms with Crippen molar-refractivity contribution in [1.82, 2.24) is 109 Å². The van der Waals surface area contributed by atoms with Crippen LogP contribution in [0.15, 0.2) is 320 Å². The van der Waals surface area contributed by atoms with Gasteiger partial charge in [0.1, 0.15) is 68.3 Å². The van der Waals surface area contributed by atoms with E-state index in [2.05, 4.69) is 86.7 Å². The summed E-state index contributed by atoms with van der Waals surface area (Å²) in [7, 11) is 0. The summed E-state index contributed by atoms with van der Waals surface area (Å²) in [5.74, 6) is 1.40. The number of aliphatic hydroxyl groups excluding tert-OH is 1. The number of ketones is 1. The number of fused-ring (bicyclic) bond motifs is 2. The Bertz CT molecular complexity index is 8090. The molecule has 40 heteroatoms. The number of carbonyl (C=O) groups is 1. The van der Waals surface area contributed by atoms with Crippen LogP contribution in [0.3, 0.4) is 0 Å². The number of nitriles is 2. The van der Waals surface area contributed by atoms with E-state index in [1.54, 1.807) is 126 Å². The molecule has 0 saturated heterocycles. The molecular formula is C99H66Cl5F4N25O6. The highest BCUT2D eigenvalue weighted by Crippen LogP contribution is 2.40. The first kappa shape index (κ1) is 94.9. The van der Waals surface area contributed by atoms with E-state index in [-0.39, 0.29) is 57.0 Å². The summed E-state index contributed by atoms with van der Waals surface area (Å²) in [6, 6.07) is 68.0. The maximum absolute atomic E-state index is 13.4. The van der Waals surface area contributed by atoms with Crippen molar-refractivity contribution in [3.63, 3.8) is 0 Å². The van der Waals surface area contributed by atoms with Gasteiger partial charge in [-0.15, -0.1) is 10.2 Å². The Hall–Kier alpha value is -17.3. The topological polar surface area (TPSA) is 390 Å². The largest absolute Gasteiger partial charge is 0.463 e. The number of rotatable bonds is 16. The number of halogens is 9. The van der Waals surface area contributed by atoms with Crippen LogP contribution in [0.5, 0.6) is 0 Å². The van der Waals surface area contributed by atoms with Crippen LogP contribution in [0.1, 0.15) is 56.6 Å². The van der Waals surface area contributed by atoms with Gasteiger partial charge >= 0.3 is 12.1 Å². The maximum Gasteiger partial charge on any atom is 0.433 e. The lowest BCUT2D eigenvalue weighted by Crippen LogP contribution is -2.07. The molecule has 15 aromatic heterocycles. The Morgan fingerprint density at radius 3 is 1.91 bits per heavy atom. The van der Waals surface area contributed by atoms with Crippen molar-refractivity contribution >= 4 is 91.6 Å². The van der Waals surface area contributed by atoms with Crippen LogP contribution in [0.4, 0.5) is 23.4 Å². The van der Waals surface area contributed by atoms with E-state index in [0.29, 0.717) is 89.1 Å². The van der Waals surface area contributed by atoms with Gasteiger partial charge in [-0.05, 0) is 171 Å². The lowest BCUT2D eigenvalue weighted by atomic mass is 10.0. The first-order valence-corrected chi connectivity index (χ1v) is 43.3. The van der Waals surface area contributed by atoms with E-state index in [1.807, 2.05) is 153 Å². The molecule has 0 spiro atoms. The Morgan fingerprint density at radius 2 is 1.23 bits per heavy atom. The number of alkyl halides is 3. The second-order valence-electron chi connectivity index (χ2n) is 29.8. The van der Waals surface area contributed by atoms with Crippen LogP contribution >= 0.6 is 58.0 Å². The van der Waals surface area contributed by atoms with Crippen molar-refractivity contribution < 1.29 is 41.2 Å². The maximum atomic E-state index is 13.4. The van der Waals surface area contributed by atoms with Gasteiger partial charge in [-0.25, -0.2) is 47.4 Å². The summed E-state index contributed by atoms with van der Waals surface area (Å²) in [4.78, 5) is 55.5. The normalized spacial score (nSPS) is 10.9. The van der Waals surface area contributed by atoms with Crippen molar-refractivity contribution in [2.24, 2.45) is 0 Å². The van der Waals surface area contributed by atoms with Crippen molar-refractivity contribution in [2.45, 2.75) is 40.5 Å². The number of hydrogen-bond acceptors (Lipinski definition) is 24. The van der Waals surface area contributed by atoms with Crippen LogP contribution < -0.4 is 0 Å². The number of hydrogen-bond donors (Lipinski definition) is 1. The number of furan rings is 2. The van der Waals surface area contributed by atoms with Crippen molar-refractivity contribution in [1.29, 1.82) is 10.5 Å². The molecule has 0 fully saturated rings. The number of nitro groups is 1. The molecule has 139 heavy (non-hydrogen) atoms. The Kier molecular flexibility index (Phi) is 29.0. The third kappa shape index (κ3) is 21.7. The van der Waals surface area contributed by atoms with Crippen LogP contribution in [0.2, 0.25) is 25.4 Å². The zero-order valence-electron chi connectivity index (χ0n) is 72.7. The van der Waals surface area contributed by atoms with Gasteiger partial charge in [-0.3, -0.25) is 39.8 Å². The molecule has 0 unspecified atom stereocenters. The fourth-order valence-corrected chi connectivity index (χ4v) is 15.2. The summed E-state index contributed by atoms with van der Waals surface area (Å²) in [6.45, 7) is 6.91. The third-order valence-corrected chi connectivity index (χ3v) is 22.1. The van der Waals surface area contributed by atoms with Crippen LogP contribution in [0.25, 0.3) is 135 Å². The number of carbonyl (C=O) groups excluding carboxylic acids is 1. The molecular weight excluding hydrogens is 1890 g/mol. The van der Waals surface area contributed by atoms with E-state index in [1.165, 1.54) is 88.2 Å². The van der Waals surface area contributed by atoms with Crippen molar-refractivity contribution in [2.75, 3.05) is 0 Å². The molecule has 21 aromatic rings. The molecule has 6 aromatic carbocycles. The van der Waals surface area contributed by atoms with Crippen molar-refractivity contribution in [3.05, 3.63) is 398 Å². The molecule has 0 aliphatic heterocycles. The summed E-state index contributed by atoms with van der Waals surface area (Å²) in [5.41, 5.74) is 15.3. The second-order valence-corrected chi connectivity index (χ2v) is 31.8. The zero-order chi connectivity index (χ0) is 97.5. The molecule has 15 heterocycles. The molecule has 21 rings (SSSR count). The minimum absolute atomic E-state index is 0.135. The van der Waals surface area contributed by atoms with Crippen LogP contribution in [-0.4, -0.2) is 125 Å². The SMILES string of the molecule is CC(=O)c1nn(-c2ccnc3c(C(F)(F)F)cccc23)cc1-c1ccc(Cl)cc1Cl.Cc1c(C#N)c(-c2ccco2)nn1-c1cnc2ccccc2n1.Cc1cc(-n2cc(-c3ccncc3)c(-c3ccc(F)cc3)n2)ncn1.Cc1cn(-c2ccncc2)nc1-c1cccc(Cl)c1.N#Cc1cn(-c2cccnc2)nc1-c1ccc([N+](=O)[O-])o1.OCc1c(-c2ccccc2)nn(-c2ccc(Cl)nn2)c1Cl. The third-order valence-electron chi connectivity index (χ3n) is 20.7. The Labute approximate surface area is 810 Å². The first-order chi connectivity index (χ1) is 67.3. The minimum Gasteiger partial charge on any atom is -0.463 e. The Balaban J connectivity index is 0.000000121. The minimum atomic E-state index is -4.55. The lowest BCUT2D eigenvalue weighted by molar-refractivity contribution is -0.401. The highest BCUT2D eigenvalue weighted by Gasteiger charge is 2.34. The fourth-order valence-electron chi connectivity index (χ4n) is 14.2. The molecule has 0 aliphatic rings. The molecule has 0 aliphatic carbocycles. The molecule has 31 nitrogen and oxygen atoms in total. The number of aryl methyl sites for hydroxylation is 2. The molecule has 0 radical (unpaired) electrons. The number of benzene rings is 6. The highest BCUT2D eigenvalue weighted by atomic mass is 35.5. The molecule has 0 atom stereocenters. The first-order valence-electron chi connectivity index (χ1n) is 41.4. The fraction of sp³-hybridized carbons (Fsp3) is 0.0606. The van der Waals surface area contributed by atoms with E-state index in [9.17, 15) is 42.8 Å². The number of Topliss-reactive ketones (excluding diaryl/α,β-unsaturated/α-hetero) is 1. The standard InChI is InChI=1S/C21H12Cl2F3N3O.C19H14FN5.C17H11N5O.C15H12ClN3.C14H10Cl2N4O.C13H7N5O3/c1-11(30)19-15(13-6-5-12(22)9-17(13)23)10-29(28-19)18-7-8-27-20-14(18)3-2-4-16(20)21(24,25)26;1-13-10-18(23-12-22-13)25-11-17(14-6-8-21-9-7-14)19(24-25)15-2-4-16(20)5-3-15;1-11-12(9-18)17(15-7-4-8-23-15)21-22(11)16-10-19-13-5-2-3-6-14(13)20-16;1-11-10-19(14-5-7-17-8-6-14)18-15(11)12-3-2-4-13(16)9-12;15-11-6-7-12(18-17-11)20-14(16)10(8-21)13(19-20)9-4-2-1-3-5-9;14-6-9-8-17(10-2-1-5-15-7-10)16-13(9)11-3-4-12(21-11)18(19)20/h2-10H,1H3;2-12H,1H3;2-8,10H,1H3;2-10H,1H3;1-7,21H,8H2;1-5,7-8H. The number of aromatic nitrogens is 22. The monoisotopic (exact) mass is 1950 g/mol. The molecule has 0 amide bonds. The highest BCUT2D eigenvalue weighted by molar-refractivity contribution is 6.36. The van der Waals surface area contributed by atoms with Gasteiger partial charge in [0.05, 0.1) is 92.6 Å². The van der Waals surface area contributed by atoms with Crippen LogP contribution in [0, 0.1) is 59.4 Å². The van der Waals surface area contributed by atoms with Gasteiger partial charge < -0.3 is 13.9 Å². The van der Waals surface area contributed by atoms with Gasteiger partial charge in [-0.1, -0.05) is 131 Å². The number of pyridine rings is 4. The quantitative estimate of drug-likeness (QED) is 0.0406. The van der Waals surface area contributed by atoms with Gasteiger partial charge in [0.2, 0.25) is 0 Å². The van der Waals surface area contributed by atoms with E-state index >= 15 is 0 Å². The smallest absolute Gasteiger partial charge is 0.433 e. The molecule has 0 saturated carbocycles. The summed E-state index contributed by atoms with van der Waals surface area (Å²) < 4.78 is 73.4. The van der Waals surface area contributed by atoms with Gasteiger partial charge in [-0.2, -0.15) is 54.3 Å². The number of para-hydroxylation sites is 3. The zero-order valence-corrected chi connectivity index (χ0v) is 76.5. The van der Waals surface area contributed by atoms with E-state index < -0.39 is 22.5 Å². The number of aliphatic hydroxyl groups is 1. The van der Waals surface area contributed by atoms with Gasteiger partial charge in [0, 0.05) is 135 Å². The average Bonchev–Trinajstić information content (AvgIpc) is 1.65. The van der Waals surface area contributed by atoms with Crippen LogP contribution in [-0.2, 0) is 12.8 Å². The molecule has 686 valence electrons.